The summed E-state index contributed by atoms with van der Waals surface area (Å²) in [4.78, 5) is 25.9. The van der Waals surface area contributed by atoms with Gasteiger partial charge in [-0.05, 0) is 35.4 Å². The van der Waals surface area contributed by atoms with Crippen LogP contribution in [0.3, 0.4) is 0 Å². The number of aromatic nitrogens is 1. The van der Waals surface area contributed by atoms with Crippen molar-refractivity contribution in [3.05, 3.63) is 41.7 Å². The van der Waals surface area contributed by atoms with Crippen LogP contribution in [0, 0.1) is 0 Å². The zero-order valence-electron chi connectivity index (χ0n) is 10.4. The lowest BCUT2D eigenvalue weighted by molar-refractivity contribution is -0.105. The summed E-state index contributed by atoms with van der Waals surface area (Å²) in [5.41, 5.74) is 2.79. The van der Waals surface area contributed by atoms with E-state index in [4.69, 9.17) is 5.11 Å². The molecule has 102 valence electrons. The van der Waals surface area contributed by atoms with Crippen LogP contribution >= 0.6 is 12.6 Å². The predicted octanol–water partition coefficient (Wildman–Crippen LogP) is 1.91. The molecule has 0 radical (unpaired) electrons. The molecule has 0 aliphatic carbocycles. The first kappa shape index (κ1) is 14.2. The summed E-state index contributed by atoms with van der Waals surface area (Å²) in [6, 6.07) is 8.51. The molecule has 1 aromatic heterocycles. The van der Waals surface area contributed by atoms with Gasteiger partial charge in [0, 0.05) is 10.6 Å². The highest BCUT2D eigenvalue weighted by molar-refractivity contribution is 7.80. The van der Waals surface area contributed by atoms with Crippen LogP contribution in [0.1, 0.15) is 16.2 Å². The number of aldehydes is 1. The van der Waals surface area contributed by atoms with Gasteiger partial charge in [-0.2, -0.15) is 0 Å². The molecule has 1 heterocycles. The Labute approximate surface area is 121 Å². The van der Waals surface area contributed by atoms with Gasteiger partial charge in [-0.25, -0.2) is 4.98 Å². The Morgan fingerprint density at radius 1 is 1.25 bits per heavy atom. The zero-order chi connectivity index (χ0) is 14.5. The third kappa shape index (κ3) is 3.04. The van der Waals surface area contributed by atoms with Crippen LogP contribution in [0.25, 0.3) is 11.1 Å². The minimum atomic E-state index is -0.249. The van der Waals surface area contributed by atoms with E-state index in [0.717, 1.165) is 11.1 Å². The number of rotatable bonds is 5. The minimum absolute atomic E-state index is 0.245. The van der Waals surface area contributed by atoms with Gasteiger partial charge in [0.1, 0.15) is 5.69 Å². The van der Waals surface area contributed by atoms with Crippen molar-refractivity contribution < 1.29 is 14.7 Å². The maximum atomic E-state index is 10.9. The smallest absolute Gasteiger partial charge is 0.211 e. The summed E-state index contributed by atoms with van der Waals surface area (Å²) >= 11 is 4.37. The molecular weight excluding hydrogens is 276 g/mol. The lowest BCUT2D eigenvalue weighted by Crippen LogP contribution is -1.97. The number of hydrogen-bond donors (Lipinski definition) is 3. The van der Waals surface area contributed by atoms with Crippen molar-refractivity contribution in [3.63, 3.8) is 0 Å². The first-order valence-corrected chi connectivity index (χ1v) is 6.23. The number of thiol groups is 1. The SMILES string of the molecule is O=CNc1ccc(-c2cc(C=O)nc(CO)c2)c(S)c1. The van der Waals surface area contributed by atoms with E-state index in [0.29, 0.717) is 29.0 Å². The summed E-state index contributed by atoms with van der Waals surface area (Å²) in [7, 11) is 0. The molecule has 5 nitrogen and oxygen atoms in total. The monoisotopic (exact) mass is 288 g/mol. The van der Waals surface area contributed by atoms with Crippen molar-refractivity contribution >= 4 is 31.0 Å². The van der Waals surface area contributed by atoms with Gasteiger partial charge in [-0.15, -0.1) is 12.6 Å². The Morgan fingerprint density at radius 3 is 2.65 bits per heavy atom. The number of aliphatic hydroxyl groups is 1. The van der Waals surface area contributed by atoms with Crippen LogP contribution in [-0.4, -0.2) is 22.8 Å². The molecule has 2 rings (SSSR count). The highest BCUT2D eigenvalue weighted by Gasteiger charge is 2.08. The number of aliphatic hydroxyl groups excluding tert-OH is 1. The van der Waals surface area contributed by atoms with E-state index in [-0.39, 0.29) is 12.3 Å². The molecule has 0 saturated heterocycles. The van der Waals surface area contributed by atoms with Crippen molar-refractivity contribution in [1.29, 1.82) is 0 Å². The minimum Gasteiger partial charge on any atom is -0.390 e. The standard InChI is InChI=1S/C14H12N2O3S/c17-6-11-3-9(4-12(7-18)16-11)13-2-1-10(15-8-19)5-14(13)20/h1-6,8,18,20H,7H2,(H,15,19). The fourth-order valence-electron chi connectivity index (χ4n) is 1.84. The van der Waals surface area contributed by atoms with Gasteiger partial charge in [0.2, 0.25) is 6.41 Å². The molecule has 0 atom stereocenters. The molecule has 2 aromatic rings. The topological polar surface area (TPSA) is 79.3 Å². The van der Waals surface area contributed by atoms with Crippen LogP contribution in [-0.2, 0) is 11.4 Å². The second-order valence-electron chi connectivity index (χ2n) is 4.04. The van der Waals surface area contributed by atoms with Crippen molar-refractivity contribution in [2.24, 2.45) is 0 Å². The second-order valence-corrected chi connectivity index (χ2v) is 4.52. The van der Waals surface area contributed by atoms with Gasteiger partial charge in [0.15, 0.2) is 6.29 Å². The highest BCUT2D eigenvalue weighted by atomic mass is 32.1. The fraction of sp³-hybridized carbons (Fsp3) is 0.0714. The van der Waals surface area contributed by atoms with Gasteiger partial charge in [0.05, 0.1) is 12.3 Å². The van der Waals surface area contributed by atoms with Gasteiger partial charge < -0.3 is 10.4 Å². The summed E-state index contributed by atoms with van der Waals surface area (Å²) in [5.74, 6) is 0. The predicted molar refractivity (Wildman–Crippen MR) is 77.9 cm³/mol. The summed E-state index contributed by atoms with van der Waals surface area (Å²) < 4.78 is 0. The number of amides is 1. The van der Waals surface area contributed by atoms with E-state index in [1.807, 2.05) is 0 Å². The number of carbonyl (C=O) groups is 2. The molecule has 0 unspecified atom stereocenters. The average Bonchev–Trinajstić information content (AvgIpc) is 2.47. The first-order chi connectivity index (χ1) is 9.67. The van der Waals surface area contributed by atoms with E-state index in [1.54, 1.807) is 30.3 Å². The van der Waals surface area contributed by atoms with Crippen LogP contribution < -0.4 is 5.32 Å². The normalized spacial score (nSPS) is 10.1. The summed E-state index contributed by atoms with van der Waals surface area (Å²) in [6.07, 6.45) is 1.21. The number of benzene rings is 1. The molecule has 2 N–H and O–H groups in total. The fourth-order valence-corrected chi connectivity index (χ4v) is 2.18. The van der Waals surface area contributed by atoms with E-state index in [2.05, 4.69) is 22.9 Å². The Kier molecular flexibility index (Phi) is 4.49. The lowest BCUT2D eigenvalue weighted by Gasteiger charge is -2.09. The van der Waals surface area contributed by atoms with Gasteiger partial charge in [-0.1, -0.05) is 6.07 Å². The molecule has 0 aliphatic rings. The maximum absolute atomic E-state index is 10.9. The lowest BCUT2D eigenvalue weighted by atomic mass is 10.0. The molecule has 0 saturated carbocycles. The first-order valence-electron chi connectivity index (χ1n) is 5.78. The molecule has 0 bridgehead atoms. The molecule has 6 heteroatoms. The Morgan fingerprint density at radius 2 is 2.05 bits per heavy atom. The second kappa shape index (κ2) is 6.31. The van der Waals surface area contributed by atoms with Crippen LogP contribution in [0.15, 0.2) is 35.2 Å². The number of nitrogens with one attached hydrogen (secondary N) is 1. The van der Waals surface area contributed by atoms with Crippen LogP contribution in [0.4, 0.5) is 5.69 Å². The maximum Gasteiger partial charge on any atom is 0.211 e. The van der Waals surface area contributed by atoms with Crippen molar-refractivity contribution in [1.82, 2.24) is 4.98 Å². The molecule has 20 heavy (non-hydrogen) atoms. The quantitative estimate of drug-likeness (QED) is 0.580. The van der Waals surface area contributed by atoms with E-state index < -0.39 is 0 Å². The molecule has 1 aromatic carbocycles. The third-order valence-corrected chi connectivity index (χ3v) is 3.09. The zero-order valence-corrected chi connectivity index (χ0v) is 11.3. The van der Waals surface area contributed by atoms with Crippen molar-refractivity contribution in [3.8, 4) is 11.1 Å². The number of hydrogen-bond acceptors (Lipinski definition) is 5. The molecule has 0 spiro atoms. The van der Waals surface area contributed by atoms with E-state index in [1.165, 1.54) is 0 Å². The molecule has 1 amide bonds. The third-order valence-electron chi connectivity index (χ3n) is 2.72. The Balaban J connectivity index is 2.50. The van der Waals surface area contributed by atoms with Gasteiger partial charge in [-0.3, -0.25) is 9.59 Å². The number of nitrogens with zero attached hydrogens (tertiary/aromatic N) is 1. The molecule has 0 fully saturated rings. The largest absolute Gasteiger partial charge is 0.390 e. The van der Waals surface area contributed by atoms with E-state index in [9.17, 15) is 9.59 Å². The van der Waals surface area contributed by atoms with Gasteiger partial charge in [0.25, 0.3) is 0 Å². The number of carbonyl (C=O) groups excluding carboxylic acids is 2. The molecule has 0 aliphatic heterocycles. The van der Waals surface area contributed by atoms with Crippen LogP contribution in [0.5, 0.6) is 0 Å². The Bertz CT molecular complexity index is 659. The van der Waals surface area contributed by atoms with Gasteiger partial charge >= 0.3 is 0 Å². The van der Waals surface area contributed by atoms with Crippen LogP contribution in [0.2, 0.25) is 0 Å². The average molecular weight is 288 g/mol. The number of anilines is 1. The Hall–Kier alpha value is -2.18. The highest BCUT2D eigenvalue weighted by Crippen LogP contribution is 2.29. The van der Waals surface area contributed by atoms with Crippen molar-refractivity contribution in [2.75, 3.05) is 5.32 Å². The number of pyridine rings is 1. The van der Waals surface area contributed by atoms with Crippen molar-refractivity contribution in [2.45, 2.75) is 11.5 Å². The summed E-state index contributed by atoms with van der Waals surface area (Å²) in [6.45, 7) is -0.249. The summed E-state index contributed by atoms with van der Waals surface area (Å²) in [5, 5.41) is 11.7. The van der Waals surface area contributed by atoms with E-state index >= 15 is 0 Å². The molecular formula is C14H12N2O3S.